The molecule has 0 amide bonds. The van der Waals surface area contributed by atoms with Crippen LogP contribution in [-0.2, 0) is 38.6 Å². The summed E-state index contributed by atoms with van der Waals surface area (Å²) in [5.74, 6) is -6.44. The minimum Gasteiger partial charge on any atom is -0.475 e. The van der Waals surface area contributed by atoms with E-state index in [1.54, 1.807) is 18.3 Å². The predicted molar refractivity (Wildman–Crippen MR) is 142 cm³/mol. The van der Waals surface area contributed by atoms with Gasteiger partial charge in [-0.2, -0.15) is 26.3 Å². The fraction of sp³-hybridized carbons (Fsp3) is 0.480. The molecule has 3 heterocycles. The molecule has 0 aliphatic heterocycles. The molecule has 0 spiro atoms. The molecule has 3 rings (SSSR count). The lowest BCUT2D eigenvalue weighted by atomic mass is 10.1. The smallest absolute Gasteiger partial charge is 0.475 e. The Morgan fingerprint density at radius 2 is 1.52 bits per heavy atom. The first-order chi connectivity index (χ1) is 20.1. The number of nitrogens with zero attached hydrogens (tertiary/aromatic N) is 2. The van der Waals surface area contributed by atoms with E-state index in [2.05, 4.69) is 15.3 Å². The predicted octanol–water partition coefficient (Wildman–Crippen LogP) is 4.97. The van der Waals surface area contributed by atoms with E-state index in [0.717, 1.165) is 10.7 Å². The number of fused-ring (bicyclic) bond motifs is 1. The Kier molecular flexibility index (Phi) is 13.4. The highest BCUT2D eigenvalue weighted by molar-refractivity contribution is 7.15. The monoisotopic (exact) mass is 660 g/mol. The third kappa shape index (κ3) is 11.9. The maximum Gasteiger partial charge on any atom is 0.490 e. The van der Waals surface area contributed by atoms with Gasteiger partial charge in [0.15, 0.2) is 4.96 Å². The largest absolute Gasteiger partial charge is 0.490 e. The number of thiazole rings is 1. The van der Waals surface area contributed by atoms with Gasteiger partial charge in [0.1, 0.15) is 11.3 Å². The lowest BCUT2D eigenvalue weighted by Gasteiger charge is -2.19. The number of halogens is 6. The highest BCUT2D eigenvalue weighted by Crippen LogP contribution is 2.24. The van der Waals surface area contributed by atoms with Crippen molar-refractivity contribution in [1.29, 1.82) is 0 Å². The number of hydrogen-bond donors (Lipinski definition) is 4. The molecule has 3 aromatic heterocycles. The number of rotatable bonds is 8. The summed E-state index contributed by atoms with van der Waals surface area (Å²) in [6.45, 7) is 10.2. The van der Waals surface area contributed by atoms with Gasteiger partial charge in [0.2, 0.25) is 0 Å². The van der Waals surface area contributed by atoms with E-state index in [9.17, 15) is 35.9 Å². The molecular formula is C25H30F6N4O8S. The molecule has 0 aliphatic rings. The molecule has 0 saturated heterocycles. The highest BCUT2D eigenvalue weighted by Gasteiger charge is 2.39. The van der Waals surface area contributed by atoms with Crippen LogP contribution >= 0.6 is 11.3 Å². The van der Waals surface area contributed by atoms with Crippen LogP contribution in [0.1, 0.15) is 72.4 Å². The molecule has 44 heavy (non-hydrogen) atoms. The summed E-state index contributed by atoms with van der Waals surface area (Å²) < 4.78 is 76.2. The van der Waals surface area contributed by atoms with Gasteiger partial charge < -0.3 is 30.0 Å². The molecule has 246 valence electrons. The van der Waals surface area contributed by atoms with Crippen LogP contribution in [-0.4, -0.2) is 73.0 Å². The molecule has 12 nitrogen and oxygen atoms in total. The minimum atomic E-state index is -5.08. The molecule has 0 bridgehead atoms. The quantitative estimate of drug-likeness (QED) is 0.191. The molecule has 3 aromatic rings. The van der Waals surface area contributed by atoms with Crippen molar-refractivity contribution in [2.75, 3.05) is 6.61 Å². The number of ether oxygens (including phenoxy) is 2. The SMILES string of the molecule is CCOC(=O)c1c(CNCc2cn3ccsc3n2)[nH]c(C(=O)OC(C)(C)C)c1CC.O=C(O)C(F)(F)F.O=C(O)C(F)(F)F. The normalized spacial score (nSPS) is 11.6. The molecule has 0 aliphatic carbocycles. The number of H-pyrrole nitrogens is 1. The molecule has 0 radical (unpaired) electrons. The Morgan fingerprint density at radius 1 is 0.977 bits per heavy atom. The van der Waals surface area contributed by atoms with Gasteiger partial charge in [-0.3, -0.25) is 4.40 Å². The molecule has 0 atom stereocenters. The molecule has 0 saturated carbocycles. The van der Waals surface area contributed by atoms with Crippen molar-refractivity contribution < 1.29 is 65.2 Å². The van der Waals surface area contributed by atoms with Crippen LogP contribution < -0.4 is 5.32 Å². The number of aromatic amines is 1. The second kappa shape index (κ2) is 15.6. The van der Waals surface area contributed by atoms with Gasteiger partial charge in [0.25, 0.3) is 0 Å². The Morgan fingerprint density at radius 3 is 1.95 bits per heavy atom. The molecule has 0 aromatic carbocycles. The summed E-state index contributed by atoms with van der Waals surface area (Å²) in [6, 6.07) is 0. The van der Waals surface area contributed by atoms with Gasteiger partial charge in [-0.1, -0.05) is 6.92 Å². The standard InChI is InChI=1S/C21H28N4O4S.2C2HF3O2/c1-6-14-16(18(26)28-7-2)15(24-17(14)19(27)29-21(3,4)5)11-22-10-13-12-25-8-9-30-20(25)23-13;2*3-2(4,5)1(6)7/h8-9,12,22,24H,6-7,10-11H2,1-5H3;2*(H,6,7). The van der Waals surface area contributed by atoms with Gasteiger partial charge >= 0.3 is 36.2 Å². The van der Waals surface area contributed by atoms with E-state index < -0.39 is 41.8 Å². The third-order valence-electron chi connectivity index (χ3n) is 4.85. The number of aliphatic carboxylic acids is 2. The van der Waals surface area contributed by atoms with Crippen molar-refractivity contribution in [2.45, 2.75) is 72.1 Å². The Bertz CT molecular complexity index is 1380. The highest BCUT2D eigenvalue weighted by atomic mass is 32.1. The van der Waals surface area contributed by atoms with Crippen LogP contribution in [0, 0.1) is 0 Å². The van der Waals surface area contributed by atoms with Crippen molar-refractivity contribution in [1.82, 2.24) is 19.7 Å². The van der Waals surface area contributed by atoms with E-state index >= 15 is 0 Å². The number of carbonyl (C=O) groups excluding carboxylic acids is 2. The van der Waals surface area contributed by atoms with E-state index in [0.29, 0.717) is 42.0 Å². The number of aromatic nitrogens is 3. The molecule has 0 unspecified atom stereocenters. The number of carboxylic acids is 2. The molecule has 4 N–H and O–H groups in total. The van der Waals surface area contributed by atoms with E-state index in [4.69, 9.17) is 29.3 Å². The molecular weight excluding hydrogens is 630 g/mol. The zero-order chi connectivity index (χ0) is 34.0. The van der Waals surface area contributed by atoms with E-state index in [1.165, 1.54) is 0 Å². The van der Waals surface area contributed by atoms with Crippen molar-refractivity contribution >= 4 is 40.2 Å². The van der Waals surface area contributed by atoms with Crippen LogP contribution in [0.15, 0.2) is 17.8 Å². The number of carbonyl (C=O) groups is 4. The van der Waals surface area contributed by atoms with Crippen LogP contribution in [0.2, 0.25) is 0 Å². The fourth-order valence-corrected chi connectivity index (χ4v) is 3.93. The zero-order valence-electron chi connectivity index (χ0n) is 24.0. The minimum absolute atomic E-state index is 0.257. The Labute approximate surface area is 250 Å². The van der Waals surface area contributed by atoms with Crippen LogP contribution in [0.4, 0.5) is 26.3 Å². The van der Waals surface area contributed by atoms with Crippen molar-refractivity contribution in [3.05, 3.63) is 46.0 Å². The number of hydrogen-bond acceptors (Lipinski definition) is 9. The lowest BCUT2D eigenvalue weighted by Crippen LogP contribution is -2.24. The van der Waals surface area contributed by atoms with Crippen LogP contribution in [0.3, 0.4) is 0 Å². The van der Waals surface area contributed by atoms with Crippen LogP contribution in [0.25, 0.3) is 4.96 Å². The van der Waals surface area contributed by atoms with Crippen LogP contribution in [0.5, 0.6) is 0 Å². The lowest BCUT2D eigenvalue weighted by molar-refractivity contribution is -0.193. The topological polar surface area (TPSA) is 172 Å². The number of imidazole rings is 1. The van der Waals surface area contributed by atoms with Gasteiger partial charge in [-0.05, 0) is 39.7 Å². The maximum atomic E-state index is 12.7. The first kappa shape index (κ1) is 37.9. The fourth-order valence-electron chi connectivity index (χ4n) is 3.21. The van der Waals surface area contributed by atoms with Gasteiger partial charge in [0.05, 0.1) is 17.9 Å². The second-order valence-corrected chi connectivity index (χ2v) is 10.3. The molecule has 0 fully saturated rings. The van der Waals surface area contributed by atoms with Gasteiger partial charge in [0, 0.05) is 36.6 Å². The second-order valence-electron chi connectivity index (χ2n) is 9.44. The summed E-state index contributed by atoms with van der Waals surface area (Å²) in [7, 11) is 0. The number of esters is 2. The zero-order valence-corrected chi connectivity index (χ0v) is 24.8. The average molecular weight is 661 g/mol. The van der Waals surface area contributed by atoms with E-state index in [-0.39, 0.29) is 6.61 Å². The number of carboxylic acid groups (broad SMARTS) is 2. The summed E-state index contributed by atoms with van der Waals surface area (Å²) >= 11 is 1.57. The van der Waals surface area contributed by atoms with E-state index in [1.807, 2.05) is 49.9 Å². The Hall–Kier alpha value is -4.13. The summed E-state index contributed by atoms with van der Waals surface area (Å²) in [4.78, 5) is 51.7. The Balaban J connectivity index is 0.000000574. The van der Waals surface area contributed by atoms with Crippen molar-refractivity contribution in [3.8, 4) is 0 Å². The summed E-state index contributed by atoms with van der Waals surface area (Å²) in [6.07, 6.45) is -5.75. The summed E-state index contributed by atoms with van der Waals surface area (Å²) in [5, 5.41) is 19.5. The maximum absolute atomic E-state index is 12.7. The first-order valence-corrected chi connectivity index (χ1v) is 13.4. The average Bonchev–Trinajstić information content (AvgIpc) is 3.56. The molecule has 19 heteroatoms. The number of alkyl halides is 6. The van der Waals surface area contributed by atoms with Gasteiger partial charge in [-0.25, -0.2) is 24.2 Å². The number of nitrogens with one attached hydrogen (secondary N) is 2. The first-order valence-electron chi connectivity index (χ1n) is 12.5. The van der Waals surface area contributed by atoms with Crippen molar-refractivity contribution in [3.63, 3.8) is 0 Å². The summed E-state index contributed by atoms with van der Waals surface area (Å²) in [5.41, 5.74) is 2.18. The third-order valence-corrected chi connectivity index (χ3v) is 5.62. The van der Waals surface area contributed by atoms with Gasteiger partial charge in [-0.15, -0.1) is 11.3 Å². The van der Waals surface area contributed by atoms with Crippen molar-refractivity contribution in [2.24, 2.45) is 0 Å².